The number of benzene rings is 1. The number of hydrogen-bond acceptors (Lipinski definition) is 2. The van der Waals surface area contributed by atoms with Gasteiger partial charge in [-0.25, -0.2) is 9.37 Å². The third-order valence-corrected chi connectivity index (χ3v) is 2.96. The van der Waals surface area contributed by atoms with Gasteiger partial charge in [-0.3, -0.25) is 0 Å². The van der Waals surface area contributed by atoms with Crippen molar-refractivity contribution in [3.05, 3.63) is 29.3 Å². The molecule has 0 unspecified atom stereocenters. The largest absolute Gasteiger partial charge is 0.383 e. The van der Waals surface area contributed by atoms with Gasteiger partial charge in [0.05, 0.1) is 5.52 Å². The van der Waals surface area contributed by atoms with Crippen LogP contribution in [0.3, 0.4) is 0 Å². The number of aromatic nitrogens is 2. The second-order valence-corrected chi connectivity index (χ2v) is 5.57. The van der Waals surface area contributed by atoms with Crippen LogP contribution >= 0.6 is 0 Å². The van der Waals surface area contributed by atoms with Gasteiger partial charge in [0.15, 0.2) is 5.82 Å². The van der Waals surface area contributed by atoms with Gasteiger partial charge >= 0.3 is 0 Å². The Labute approximate surface area is 106 Å². The maximum atomic E-state index is 13.9. The lowest BCUT2D eigenvalue weighted by atomic mass is 10.1. The van der Waals surface area contributed by atoms with Crippen molar-refractivity contribution in [3.8, 4) is 0 Å². The number of fused-ring (bicyclic) bond motifs is 1. The number of hydrogen-bond donors (Lipinski definition) is 1. The van der Waals surface area contributed by atoms with E-state index in [2.05, 4.69) is 4.98 Å². The molecule has 1 N–H and O–H groups in total. The van der Waals surface area contributed by atoms with E-state index in [1.54, 1.807) is 13.8 Å². The van der Waals surface area contributed by atoms with Crippen LogP contribution in [0.25, 0.3) is 11.0 Å². The molecule has 0 saturated heterocycles. The Morgan fingerprint density at radius 1 is 1.33 bits per heavy atom. The van der Waals surface area contributed by atoms with Crippen molar-refractivity contribution in [1.82, 2.24) is 9.55 Å². The molecule has 2 aromatic rings. The molecule has 0 bridgehead atoms. The summed E-state index contributed by atoms with van der Waals surface area (Å²) in [6, 6.07) is 3.48. The van der Waals surface area contributed by atoms with E-state index in [0.717, 1.165) is 11.1 Å². The second-order valence-electron chi connectivity index (χ2n) is 5.57. The van der Waals surface area contributed by atoms with Gasteiger partial charge in [-0.15, -0.1) is 0 Å². The molecule has 0 aliphatic heterocycles. The van der Waals surface area contributed by atoms with Gasteiger partial charge < -0.3 is 9.67 Å². The lowest BCUT2D eigenvalue weighted by molar-refractivity contribution is 0.0641. The first kappa shape index (κ1) is 13.0. The Balaban J connectivity index is 2.89. The summed E-state index contributed by atoms with van der Waals surface area (Å²) >= 11 is 0. The number of aliphatic hydroxyl groups is 1. The summed E-state index contributed by atoms with van der Waals surface area (Å²) < 4.78 is 15.8. The van der Waals surface area contributed by atoms with Crippen LogP contribution in [-0.4, -0.2) is 14.7 Å². The summed E-state index contributed by atoms with van der Waals surface area (Å²) in [6.45, 7) is 9.17. The SMILES string of the molecule is Cc1cc(F)c2nc(C(C)(C)O)n(C(C)C)c2c1. The quantitative estimate of drug-likeness (QED) is 0.888. The summed E-state index contributed by atoms with van der Waals surface area (Å²) in [5, 5.41) is 10.2. The lowest BCUT2D eigenvalue weighted by Crippen LogP contribution is -2.23. The van der Waals surface area contributed by atoms with Crippen molar-refractivity contribution in [1.29, 1.82) is 0 Å². The van der Waals surface area contributed by atoms with Crippen molar-refractivity contribution in [2.45, 2.75) is 46.3 Å². The second kappa shape index (κ2) is 4.05. The molecule has 0 amide bonds. The minimum atomic E-state index is -1.09. The van der Waals surface area contributed by atoms with Gasteiger partial charge in [0.2, 0.25) is 0 Å². The molecule has 0 fully saturated rings. The van der Waals surface area contributed by atoms with Crippen molar-refractivity contribution < 1.29 is 9.50 Å². The first-order valence-corrected chi connectivity index (χ1v) is 6.12. The van der Waals surface area contributed by atoms with Crippen molar-refractivity contribution >= 4 is 11.0 Å². The Hall–Kier alpha value is -1.42. The fourth-order valence-electron chi connectivity index (χ4n) is 2.24. The minimum Gasteiger partial charge on any atom is -0.383 e. The van der Waals surface area contributed by atoms with Crippen LogP contribution in [0.1, 0.15) is 45.1 Å². The van der Waals surface area contributed by atoms with E-state index in [1.807, 2.05) is 31.4 Å². The molecule has 3 nitrogen and oxygen atoms in total. The highest BCUT2D eigenvalue weighted by atomic mass is 19.1. The fourth-order valence-corrected chi connectivity index (χ4v) is 2.24. The highest BCUT2D eigenvalue weighted by Crippen LogP contribution is 2.30. The fraction of sp³-hybridized carbons (Fsp3) is 0.500. The molecule has 4 heteroatoms. The summed E-state index contributed by atoms with van der Waals surface area (Å²) in [5.74, 6) is 0.159. The van der Waals surface area contributed by atoms with E-state index < -0.39 is 5.60 Å². The zero-order chi connectivity index (χ0) is 13.7. The predicted octanol–water partition coefficient (Wildman–Crippen LogP) is 3.29. The van der Waals surface area contributed by atoms with Gasteiger partial charge in [0.25, 0.3) is 0 Å². The first-order chi connectivity index (χ1) is 8.21. The lowest BCUT2D eigenvalue weighted by Gasteiger charge is -2.21. The number of aryl methyl sites for hydroxylation is 1. The van der Waals surface area contributed by atoms with Crippen LogP contribution in [0.5, 0.6) is 0 Å². The number of imidazole rings is 1. The normalized spacial score (nSPS) is 12.7. The van der Waals surface area contributed by atoms with E-state index in [-0.39, 0.29) is 11.9 Å². The van der Waals surface area contributed by atoms with Gasteiger partial charge in [-0.05, 0) is 52.3 Å². The van der Waals surface area contributed by atoms with Crippen LogP contribution < -0.4 is 0 Å². The van der Waals surface area contributed by atoms with Crippen LogP contribution in [0.4, 0.5) is 4.39 Å². The smallest absolute Gasteiger partial charge is 0.151 e. The van der Waals surface area contributed by atoms with Crippen molar-refractivity contribution in [2.75, 3.05) is 0 Å². The van der Waals surface area contributed by atoms with Gasteiger partial charge in [0.1, 0.15) is 16.9 Å². The van der Waals surface area contributed by atoms with Crippen molar-refractivity contribution in [3.63, 3.8) is 0 Å². The molecule has 0 saturated carbocycles. The number of rotatable bonds is 2. The standard InChI is InChI=1S/C14H19FN2O/c1-8(2)17-11-7-9(3)6-10(15)12(11)16-13(17)14(4,5)18/h6-8,18H,1-5H3. The van der Waals surface area contributed by atoms with Crippen molar-refractivity contribution in [2.24, 2.45) is 0 Å². The maximum absolute atomic E-state index is 13.9. The molecule has 0 aliphatic rings. The maximum Gasteiger partial charge on any atom is 0.151 e. The average molecular weight is 250 g/mol. The molecule has 0 atom stereocenters. The molecular formula is C14H19FN2O. The molecule has 98 valence electrons. The molecule has 1 aromatic carbocycles. The Morgan fingerprint density at radius 3 is 2.44 bits per heavy atom. The van der Waals surface area contributed by atoms with Crippen LogP contribution in [-0.2, 0) is 5.60 Å². The molecular weight excluding hydrogens is 231 g/mol. The molecule has 0 radical (unpaired) electrons. The molecule has 1 heterocycles. The van der Waals surface area contributed by atoms with Crippen LogP contribution in [0.15, 0.2) is 12.1 Å². The van der Waals surface area contributed by atoms with Gasteiger partial charge in [-0.2, -0.15) is 0 Å². The summed E-state index contributed by atoms with van der Waals surface area (Å²) in [4.78, 5) is 4.28. The van der Waals surface area contributed by atoms with Gasteiger partial charge in [-0.1, -0.05) is 0 Å². The Kier molecular flexibility index (Phi) is 2.93. The third kappa shape index (κ3) is 2.01. The van der Waals surface area contributed by atoms with Gasteiger partial charge in [0, 0.05) is 6.04 Å². The zero-order valence-electron chi connectivity index (χ0n) is 11.5. The molecule has 2 rings (SSSR count). The Bertz CT molecular complexity index is 594. The van der Waals surface area contributed by atoms with E-state index in [4.69, 9.17) is 0 Å². The molecule has 18 heavy (non-hydrogen) atoms. The predicted molar refractivity (Wildman–Crippen MR) is 70.1 cm³/mol. The monoisotopic (exact) mass is 250 g/mol. The summed E-state index contributed by atoms with van der Waals surface area (Å²) in [5.41, 5.74) is 0.819. The van der Waals surface area contributed by atoms with E-state index >= 15 is 0 Å². The number of nitrogens with zero attached hydrogens (tertiary/aromatic N) is 2. The van der Waals surface area contributed by atoms with E-state index in [1.165, 1.54) is 6.07 Å². The number of halogens is 1. The third-order valence-electron chi connectivity index (χ3n) is 2.96. The average Bonchev–Trinajstić information content (AvgIpc) is 2.55. The zero-order valence-corrected chi connectivity index (χ0v) is 11.5. The topological polar surface area (TPSA) is 38.1 Å². The molecule has 1 aromatic heterocycles. The van der Waals surface area contributed by atoms with Crippen LogP contribution in [0.2, 0.25) is 0 Å². The molecule has 0 spiro atoms. The van der Waals surface area contributed by atoms with E-state index in [0.29, 0.717) is 11.3 Å². The minimum absolute atomic E-state index is 0.109. The molecule has 0 aliphatic carbocycles. The van der Waals surface area contributed by atoms with E-state index in [9.17, 15) is 9.50 Å². The highest BCUT2D eigenvalue weighted by molar-refractivity contribution is 5.78. The summed E-state index contributed by atoms with van der Waals surface area (Å²) in [7, 11) is 0. The first-order valence-electron chi connectivity index (χ1n) is 6.12. The highest BCUT2D eigenvalue weighted by Gasteiger charge is 2.27. The van der Waals surface area contributed by atoms with Crippen LogP contribution in [0, 0.1) is 12.7 Å². The summed E-state index contributed by atoms with van der Waals surface area (Å²) in [6.07, 6.45) is 0. The Morgan fingerprint density at radius 2 is 1.94 bits per heavy atom.